The lowest BCUT2D eigenvalue weighted by Crippen LogP contribution is -2.21. The highest BCUT2D eigenvalue weighted by atomic mass is 16.1. The fourth-order valence-electron chi connectivity index (χ4n) is 1.65. The molecule has 2 nitrogen and oxygen atoms in total. The van der Waals surface area contributed by atoms with E-state index in [9.17, 15) is 4.79 Å². The van der Waals surface area contributed by atoms with Crippen molar-refractivity contribution in [2.45, 2.75) is 13.0 Å². The number of rotatable bonds is 2. The van der Waals surface area contributed by atoms with E-state index >= 15 is 0 Å². The lowest BCUT2D eigenvalue weighted by molar-refractivity contribution is 0.615. The molecule has 2 heteroatoms. The minimum absolute atomic E-state index is 0.0360. The zero-order chi connectivity index (χ0) is 10.7. The van der Waals surface area contributed by atoms with Gasteiger partial charge in [-0.15, -0.1) is 0 Å². The van der Waals surface area contributed by atoms with Crippen LogP contribution in [0.15, 0.2) is 59.5 Å². The summed E-state index contributed by atoms with van der Waals surface area (Å²) >= 11 is 0. The summed E-state index contributed by atoms with van der Waals surface area (Å²) in [4.78, 5) is 11.6. The van der Waals surface area contributed by atoms with Gasteiger partial charge in [0.1, 0.15) is 0 Å². The van der Waals surface area contributed by atoms with Gasteiger partial charge in [-0.1, -0.05) is 36.4 Å². The number of nitrogens with zero attached hydrogens (tertiary/aromatic N) is 1. The third kappa shape index (κ3) is 1.99. The maximum Gasteiger partial charge on any atom is 0.251 e. The molecule has 2 rings (SSSR count). The number of hydrogen-bond acceptors (Lipinski definition) is 1. The van der Waals surface area contributed by atoms with Gasteiger partial charge in [-0.25, -0.2) is 0 Å². The average Bonchev–Trinajstić information content (AvgIpc) is 2.30. The van der Waals surface area contributed by atoms with Crippen molar-refractivity contribution >= 4 is 0 Å². The fraction of sp³-hybridized carbons (Fsp3) is 0.154. The molecule has 0 aliphatic carbocycles. The summed E-state index contributed by atoms with van der Waals surface area (Å²) < 4.78 is 1.73. The highest BCUT2D eigenvalue weighted by molar-refractivity contribution is 5.19. The van der Waals surface area contributed by atoms with Gasteiger partial charge in [-0.3, -0.25) is 4.79 Å². The molecular formula is C13H13NO. The Morgan fingerprint density at radius 2 is 1.67 bits per heavy atom. The first-order valence-corrected chi connectivity index (χ1v) is 5.01. The van der Waals surface area contributed by atoms with E-state index in [0.29, 0.717) is 0 Å². The Morgan fingerprint density at radius 3 is 2.33 bits per heavy atom. The van der Waals surface area contributed by atoms with Crippen LogP contribution in [0.25, 0.3) is 0 Å². The van der Waals surface area contributed by atoms with Crippen molar-refractivity contribution in [2.24, 2.45) is 0 Å². The first-order valence-electron chi connectivity index (χ1n) is 5.01. The van der Waals surface area contributed by atoms with Gasteiger partial charge in [0.15, 0.2) is 0 Å². The van der Waals surface area contributed by atoms with Crippen molar-refractivity contribution < 1.29 is 0 Å². The molecule has 0 radical (unpaired) electrons. The smallest absolute Gasteiger partial charge is 0.251 e. The molecule has 1 heterocycles. The largest absolute Gasteiger partial charge is 0.308 e. The van der Waals surface area contributed by atoms with Gasteiger partial charge in [0.25, 0.3) is 5.56 Å². The van der Waals surface area contributed by atoms with E-state index < -0.39 is 0 Å². The Kier molecular flexibility index (Phi) is 2.68. The first kappa shape index (κ1) is 9.71. The average molecular weight is 199 g/mol. The van der Waals surface area contributed by atoms with Crippen molar-refractivity contribution in [1.82, 2.24) is 4.57 Å². The lowest BCUT2D eigenvalue weighted by atomic mass is 10.1. The van der Waals surface area contributed by atoms with Gasteiger partial charge in [0, 0.05) is 12.3 Å². The molecule has 0 amide bonds. The van der Waals surface area contributed by atoms with E-state index in [0.717, 1.165) is 5.56 Å². The SMILES string of the molecule is CC(c1ccccc1)n1ccccc1=O. The molecule has 0 N–H and O–H groups in total. The molecule has 0 aliphatic rings. The number of benzene rings is 1. The molecule has 0 saturated heterocycles. The predicted octanol–water partition coefficient (Wildman–Crippen LogP) is 2.46. The van der Waals surface area contributed by atoms with Crippen LogP contribution in [0.4, 0.5) is 0 Å². The highest BCUT2D eigenvalue weighted by Crippen LogP contribution is 2.14. The van der Waals surface area contributed by atoms with Crippen LogP contribution < -0.4 is 5.56 Å². The number of pyridine rings is 1. The Labute approximate surface area is 88.8 Å². The van der Waals surface area contributed by atoms with Gasteiger partial charge in [-0.05, 0) is 18.6 Å². The Morgan fingerprint density at radius 1 is 1.00 bits per heavy atom. The Hall–Kier alpha value is -1.83. The van der Waals surface area contributed by atoms with E-state index in [1.54, 1.807) is 16.7 Å². The molecule has 0 spiro atoms. The van der Waals surface area contributed by atoms with Crippen LogP contribution in [0.3, 0.4) is 0 Å². The lowest BCUT2D eigenvalue weighted by Gasteiger charge is -2.14. The zero-order valence-electron chi connectivity index (χ0n) is 8.63. The summed E-state index contributed by atoms with van der Waals surface area (Å²) in [6, 6.07) is 15.3. The van der Waals surface area contributed by atoms with Gasteiger partial charge >= 0.3 is 0 Å². The summed E-state index contributed by atoms with van der Waals surface area (Å²) in [5.74, 6) is 0. The zero-order valence-corrected chi connectivity index (χ0v) is 8.63. The quantitative estimate of drug-likeness (QED) is 0.728. The summed E-state index contributed by atoms with van der Waals surface area (Å²) in [5, 5.41) is 0. The minimum Gasteiger partial charge on any atom is -0.308 e. The second-order valence-electron chi connectivity index (χ2n) is 3.53. The summed E-state index contributed by atoms with van der Waals surface area (Å²) in [5.41, 5.74) is 1.18. The van der Waals surface area contributed by atoms with Crippen LogP contribution >= 0.6 is 0 Å². The van der Waals surface area contributed by atoms with Crippen molar-refractivity contribution in [3.05, 3.63) is 70.6 Å². The molecule has 1 unspecified atom stereocenters. The normalized spacial score (nSPS) is 12.3. The van der Waals surface area contributed by atoms with Crippen LogP contribution in [0.1, 0.15) is 18.5 Å². The van der Waals surface area contributed by atoms with E-state index in [1.807, 2.05) is 49.5 Å². The Bertz CT molecular complexity index is 487. The van der Waals surface area contributed by atoms with Crippen molar-refractivity contribution in [3.63, 3.8) is 0 Å². The molecule has 76 valence electrons. The van der Waals surface area contributed by atoms with E-state index in [4.69, 9.17) is 0 Å². The minimum atomic E-state index is 0.0360. The summed E-state index contributed by atoms with van der Waals surface area (Å²) in [6.07, 6.45) is 1.82. The fourth-order valence-corrected chi connectivity index (χ4v) is 1.65. The van der Waals surface area contributed by atoms with Crippen molar-refractivity contribution in [1.29, 1.82) is 0 Å². The highest BCUT2D eigenvalue weighted by Gasteiger charge is 2.06. The number of aromatic nitrogens is 1. The first-order chi connectivity index (χ1) is 7.29. The van der Waals surface area contributed by atoms with E-state index in [-0.39, 0.29) is 11.6 Å². The standard InChI is InChI=1S/C13H13NO/c1-11(12-7-3-2-4-8-12)14-10-6-5-9-13(14)15/h2-11H,1H3. The van der Waals surface area contributed by atoms with Crippen molar-refractivity contribution in [3.8, 4) is 0 Å². The molecule has 1 aromatic heterocycles. The molecule has 0 aliphatic heterocycles. The second-order valence-corrected chi connectivity index (χ2v) is 3.53. The molecule has 1 aromatic carbocycles. The van der Waals surface area contributed by atoms with Crippen LogP contribution in [0, 0.1) is 0 Å². The van der Waals surface area contributed by atoms with Crippen LogP contribution in [0.2, 0.25) is 0 Å². The molecule has 0 bridgehead atoms. The molecule has 15 heavy (non-hydrogen) atoms. The third-order valence-electron chi connectivity index (χ3n) is 2.55. The molecule has 1 atom stereocenters. The summed E-state index contributed by atoms with van der Waals surface area (Å²) in [7, 11) is 0. The second kappa shape index (κ2) is 4.13. The third-order valence-corrected chi connectivity index (χ3v) is 2.55. The molecular weight excluding hydrogens is 186 g/mol. The monoisotopic (exact) mass is 199 g/mol. The van der Waals surface area contributed by atoms with Gasteiger partial charge in [0.05, 0.1) is 6.04 Å². The number of hydrogen-bond donors (Lipinski definition) is 0. The van der Waals surface area contributed by atoms with Crippen molar-refractivity contribution in [2.75, 3.05) is 0 Å². The van der Waals surface area contributed by atoms with Gasteiger partial charge in [0.2, 0.25) is 0 Å². The van der Waals surface area contributed by atoms with Gasteiger partial charge < -0.3 is 4.57 Å². The van der Waals surface area contributed by atoms with E-state index in [1.165, 1.54) is 0 Å². The van der Waals surface area contributed by atoms with Crippen LogP contribution in [-0.4, -0.2) is 4.57 Å². The van der Waals surface area contributed by atoms with Crippen LogP contribution in [0.5, 0.6) is 0 Å². The molecule has 0 fully saturated rings. The maximum absolute atomic E-state index is 11.6. The maximum atomic E-state index is 11.6. The molecule has 0 saturated carbocycles. The molecule has 2 aromatic rings. The van der Waals surface area contributed by atoms with E-state index in [2.05, 4.69) is 0 Å². The topological polar surface area (TPSA) is 22.0 Å². The summed E-state index contributed by atoms with van der Waals surface area (Å²) in [6.45, 7) is 2.02. The Balaban J connectivity index is 2.42. The predicted molar refractivity (Wildman–Crippen MR) is 61.0 cm³/mol. The van der Waals surface area contributed by atoms with Crippen LogP contribution in [-0.2, 0) is 0 Å². The van der Waals surface area contributed by atoms with Gasteiger partial charge in [-0.2, -0.15) is 0 Å².